The minimum Gasteiger partial charge on any atom is -0.397 e. The fraction of sp³-hybridized carbons (Fsp3) is 0. The summed E-state index contributed by atoms with van der Waals surface area (Å²) in [7, 11) is -3.97. The molecule has 2 rings (SSSR count). The first-order valence-corrected chi connectivity index (χ1v) is 6.61. The van der Waals surface area contributed by atoms with Gasteiger partial charge in [0.2, 0.25) is 0 Å². The molecule has 0 amide bonds. The Morgan fingerprint density at radius 3 is 2.28 bits per heavy atom. The third kappa shape index (κ3) is 2.43. The molecule has 0 spiro atoms. The first kappa shape index (κ1) is 12.4. The van der Waals surface area contributed by atoms with Gasteiger partial charge >= 0.3 is 0 Å². The summed E-state index contributed by atoms with van der Waals surface area (Å²) in [6.45, 7) is 0. The minimum absolute atomic E-state index is 0.223. The van der Waals surface area contributed by atoms with Crippen LogP contribution >= 0.6 is 0 Å². The number of hydrogen-bond donors (Lipinski definition) is 2. The molecule has 0 aliphatic carbocycles. The average molecular weight is 266 g/mol. The molecule has 18 heavy (non-hydrogen) atoms. The zero-order chi connectivity index (χ0) is 13.2. The summed E-state index contributed by atoms with van der Waals surface area (Å²) in [5.41, 5.74) is 6.12. The van der Waals surface area contributed by atoms with Crippen molar-refractivity contribution >= 4 is 21.4 Å². The van der Waals surface area contributed by atoms with E-state index < -0.39 is 20.7 Å². The van der Waals surface area contributed by atoms with Crippen molar-refractivity contribution in [2.75, 3.05) is 10.5 Å². The lowest BCUT2D eigenvalue weighted by molar-refractivity contribution is 0.570. The first-order valence-electron chi connectivity index (χ1n) is 5.12. The number of nitrogens with two attached hydrogens (primary N) is 1. The van der Waals surface area contributed by atoms with Crippen molar-refractivity contribution in [2.24, 2.45) is 0 Å². The van der Waals surface area contributed by atoms with Gasteiger partial charge in [0.1, 0.15) is 10.7 Å². The van der Waals surface area contributed by atoms with Crippen LogP contribution in [0.2, 0.25) is 0 Å². The Hall–Kier alpha value is -2.08. The van der Waals surface area contributed by atoms with Gasteiger partial charge in [-0.25, -0.2) is 12.8 Å². The first-order chi connectivity index (χ1) is 8.50. The molecule has 94 valence electrons. The molecule has 0 saturated carbocycles. The number of halogens is 1. The fourth-order valence-electron chi connectivity index (χ4n) is 1.45. The molecule has 0 fully saturated rings. The lowest BCUT2D eigenvalue weighted by Gasteiger charge is -2.10. The SMILES string of the molecule is Nc1ccccc1NS(=O)(=O)c1ccccc1F. The van der Waals surface area contributed by atoms with Crippen LogP contribution < -0.4 is 10.5 Å². The number of para-hydroxylation sites is 2. The van der Waals surface area contributed by atoms with Crippen molar-refractivity contribution in [2.45, 2.75) is 4.90 Å². The topological polar surface area (TPSA) is 72.2 Å². The van der Waals surface area contributed by atoms with E-state index >= 15 is 0 Å². The number of anilines is 2. The second-order valence-corrected chi connectivity index (χ2v) is 5.27. The maximum absolute atomic E-state index is 13.4. The molecule has 0 bridgehead atoms. The van der Waals surface area contributed by atoms with E-state index in [1.807, 2.05) is 0 Å². The Kier molecular flexibility index (Phi) is 3.20. The highest BCUT2D eigenvalue weighted by molar-refractivity contribution is 7.92. The molecular weight excluding hydrogens is 255 g/mol. The third-order valence-electron chi connectivity index (χ3n) is 2.33. The largest absolute Gasteiger partial charge is 0.397 e. The van der Waals surface area contributed by atoms with Crippen molar-refractivity contribution in [3.63, 3.8) is 0 Å². The molecule has 2 aromatic carbocycles. The van der Waals surface area contributed by atoms with Gasteiger partial charge < -0.3 is 5.73 Å². The van der Waals surface area contributed by atoms with Crippen LogP contribution in [0.3, 0.4) is 0 Å². The Morgan fingerprint density at radius 1 is 1.00 bits per heavy atom. The average Bonchev–Trinajstić information content (AvgIpc) is 2.32. The monoisotopic (exact) mass is 266 g/mol. The Labute approximate surface area is 104 Å². The number of benzene rings is 2. The summed E-state index contributed by atoms with van der Waals surface area (Å²) in [6, 6.07) is 11.5. The maximum atomic E-state index is 13.4. The van der Waals surface area contributed by atoms with E-state index in [4.69, 9.17) is 5.73 Å². The Morgan fingerprint density at radius 2 is 1.61 bits per heavy atom. The number of nitrogens with one attached hydrogen (secondary N) is 1. The zero-order valence-corrected chi connectivity index (χ0v) is 10.1. The van der Waals surface area contributed by atoms with Crippen LogP contribution in [0.5, 0.6) is 0 Å². The van der Waals surface area contributed by atoms with Gasteiger partial charge in [0.15, 0.2) is 0 Å². The van der Waals surface area contributed by atoms with Crippen LogP contribution in [0.25, 0.3) is 0 Å². The summed E-state index contributed by atoms with van der Waals surface area (Å²) in [4.78, 5) is -0.409. The van der Waals surface area contributed by atoms with Gasteiger partial charge in [-0.3, -0.25) is 4.72 Å². The summed E-state index contributed by atoms with van der Waals surface area (Å²) in [5.74, 6) is -0.806. The quantitative estimate of drug-likeness (QED) is 0.837. The van der Waals surface area contributed by atoms with Crippen LogP contribution in [0.1, 0.15) is 0 Å². The molecule has 0 saturated heterocycles. The van der Waals surface area contributed by atoms with E-state index in [9.17, 15) is 12.8 Å². The lowest BCUT2D eigenvalue weighted by atomic mass is 10.3. The second-order valence-electron chi connectivity index (χ2n) is 3.62. The van der Waals surface area contributed by atoms with Gasteiger partial charge in [-0.05, 0) is 24.3 Å². The molecule has 2 aromatic rings. The molecule has 4 nitrogen and oxygen atoms in total. The van der Waals surface area contributed by atoms with Crippen LogP contribution in [0.4, 0.5) is 15.8 Å². The summed E-state index contributed by atoms with van der Waals surface area (Å²) < 4.78 is 39.6. The lowest BCUT2D eigenvalue weighted by Crippen LogP contribution is -2.15. The molecule has 6 heteroatoms. The summed E-state index contributed by atoms with van der Waals surface area (Å²) in [5, 5.41) is 0. The van der Waals surface area contributed by atoms with Crippen molar-refractivity contribution in [3.8, 4) is 0 Å². The number of nitrogen functional groups attached to an aromatic ring is 1. The third-order valence-corrected chi connectivity index (χ3v) is 3.73. The standard InChI is InChI=1S/C12H11FN2O2S/c13-9-5-1-4-8-12(9)18(16,17)15-11-7-3-2-6-10(11)14/h1-8,15H,14H2. The molecular formula is C12H11FN2O2S. The highest BCUT2D eigenvalue weighted by Crippen LogP contribution is 2.22. The predicted molar refractivity (Wildman–Crippen MR) is 68.1 cm³/mol. The van der Waals surface area contributed by atoms with E-state index in [1.165, 1.54) is 24.3 Å². The van der Waals surface area contributed by atoms with Crippen molar-refractivity contribution in [1.29, 1.82) is 0 Å². The fourth-order valence-corrected chi connectivity index (χ4v) is 2.62. The van der Waals surface area contributed by atoms with E-state index in [2.05, 4.69) is 4.72 Å². The maximum Gasteiger partial charge on any atom is 0.264 e. The van der Waals surface area contributed by atoms with Crippen LogP contribution in [-0.4, -0.2) is 8.42 Å². The van der Waals surface area contributed by atoms with Gasteiger partial charge in [-0.2, -0.15) is 0 Å². The highest BCUT2D eigenvalue weighted by atomic mass is 32.2. The van der Waals surface area contributed by atoms with Crippen molar-refractivity contribution < 1.29 is 12.8 Å². The molecule has 0 radical (unpaired) electrons. The molecule has 0 atom stereocenters. The molecule has 3 N–H and O–H groups in total. The number of rotatable bonds is 3. The summed E-state index contributed by atoms with van der Waals surface area (Å²) >= 11 is 0. The van der Waals surface area contributed by atoms with Gasteiger partial charge in [0, 0.05) is 0 Å². The summed E-state index contributed by atoms with van der Waals surface area (Å²) in [6.07, 6.45) is 0. The normalized spacial score (nSPS) is 11.2. The van der Waals surface area contributed by atoms with E-state index in [1.54, 1.807) is 18.2 Å². The minimum atomic E-state index is -3.97. The van der Waals surface area contributed by atoms with Crippen molar-refractivity contribution in [3.05, 3.63) is 54.3 Å². The Balaban J connectivity index is 2.40. The van der Waals surface area contributed by atoms with Gasteiger partial charge in [0.25, 0.3) is 10.0 Å². The Bertz CT molecular complexity index is 671. The van der Waals surface area contributed by atoms with Crippen LogP contribution in [-0.2, 0) is 10.0 Å². The number of sulfonamides is 1. The molecule has 0 aliphatic rings. The molecule has 0 aliphatic heterocycles. The van der Waals surface area contributed by atoms with Gasteiger partial charge in [0.05, 0.1) is 11.4 Å². The molecule has 0 unspecified atom stereocenters. The van der Waals surface area contributed by atoms with Gasteiger partial charge in [-0.15, -0.1) is 0 Å². The number of hydrogen-bond acceptors (Lipinski definition) is 3. The van der Waals surface area contributed by atoms with E-state index in [0.717, 1.165) is 6.07 Å². The van der Waals surface area contributed by atoms with E-state index in [-0.39, 0.29) is 11.4 Å². The second kappa shape index (κ2) is 4.66. The van der Waals surface area contributed by atoms with Crippen molar-refractivity contribution in [1.82, 2.24) is 0 Å². The van der Waals surface area contributed by atoms with E-state index in [0.29, 0.717) is 0 Å². The van der Waals surface area contributed by atoms with Gasteiger partial charge in [-0.1, -0.05) is 24.3 Å². The van der Waals surface area contributed by atoms with Crippen LogP contribution in [0.15, 0.2) is 53.4 Å². The molecule has 0 heterocycles. The van der Waals surface area contributed by atoms with Crippen LogP contribution in [0, 0.1) is 5.82 Å². The molecule has 0 aromatic heterocycles. The smallest absolute Gasteiger partial charge is 0.264 e. The predicted octanol–water partition coefficient (Wildman–Crippen LogP) is 2.21. The zero-order valence-electron chi connectivity index (χ0n) is 9.30. The highest BCUT2D eigenvalue weighted by Gasteiger charge is 2.19.